The molecule has 0 amide bonds. The number of halogens is 2. The van der Waals surface area contributed by atoms with Crippen molar-refractivity contribution in [2.75, 3.05) is 5.88 Å². The Morgan fingerprint density at radius 2 is 1.73 bits per heavy atom. The van der Waals surface area contributed by atoms with E-state index in [9.17, 15) is 0 Å². The van der Waals surface area contributed by atoms with E-state index >= 15 is 0 Å². The van der Waals surface area contributed by atoms with Crippen LogP contribution >= 0.6 is 23.2 Å². The summed E-state index contributed by atoms with van der Waals surface area (Å²) < 4.78 is 0. The minimum atomic E-state index is 0.394. The molecule has 66 valence electrons. The highest BCUT2D eigenvalue weighted by Gasteiger charge is 1.99. The lowest BCUT2D eigenvalue weighted by Gasteiger charge is -2.04. The fraction of sp³-hybridized carbons (Fsp3) is 1.00. The summed E-state index contributed by atoms with van der Waals surface area (Å²) in [5.41, 5.74) is 0. The van der Waals surface area contributed by atoms with Gasteiger partial charge < -0.3 is 0 Å². The molecular formula is C8H17BCl2. The fourth-order valence-electron chi connectivity index (χ4n) is 1.02. The zero-order chi connectivity index (χ0) is 8.53. The van der Waals surface area contributed by atoms with Gasteiger partial charge in [-0.05, 0) is 12.8 Å². The average molecular weight is 195 g/mol. The highest BCUT2D eigenvalue weighted by molar-refractivity contribution is 6.25. The van der Waals surface area contributed by atoms with Crippen molar-refractivity contribution in [3.05, 3.63) is 0 Å². The van der Waals surface area contributed by atoms with Crippen molar-refractivity contribution >= 4 is 31.0 Å². The topological polar surface area (TPSA) is 0 Å². The van der Waals surface area contributed by atoms with Crippen LogP contribution in [0.2, 0.25) is 6.32 Å². The molecule has 11 heavy (non-hydrogen) atoms. The monoisotopic (exact) mass is 194 g/mol. The molecule has 3 heteroatoms. The zero-order valence-electron chi connectivity index (χ0n) is 7.28. The van der Waals surface area contributed by atoms with Gasteiger partial charge >= 0.3 is 0 Å². The maximum atomic E-state index is 5.95. The quantitative estimate of drug-likeness (QED) is 0.332. The van der Waals surface area contributed by atoms with Gasteiger partial charge in [-0.15, -0.1) is 23.2 Å². The lowest BCUT2D eigenvalue weighted by Crippen LogP contribution is -1.96. The summed E-state index contributed by atoms with van der Waals surface area (Å²) in [5, 5.41) is 0.394. The Morgan fingerprint density at radius 3 is 2.27 bits per heavy atom. The Morgan fingerprint density at radius 1 is 1.09 bits per heavy atom. The summed E-state index contributed by atoms with van der Waals surface area (Å²) in [6, 6.07) is 0. The van der Waals surface area contributed by atoms with Crippen LogP contribution in [0.15, 0.2) is 0 Å². The second kappa shape index (κ2) is 8.74. The minimum Gasteiger partial charge on any atom is -0.127 e. The van der Waals surface area contributed by atoms with Gasteiger partial charge in [-0.3, -0.25) is 0 Å². The van der Waals surface area contributed by atoms with E-state index in [2.05, 4.69) is 7.85 Å². The molecule has 1 atom stereocenters. The third-order valence-electron chi connectivity index (χ3n) is 1.84. The first-order chi connectivity index (χ1) is 5.31. The Balaban J connectivity index is 2.89. The normalized spacial score (nSPS) is 13.3. The van der Waals surface area contributed by atoms with Crippen LogP contribution in [0.25, 0.3) is 0 Å². The van der Waals surface area contributed by atoms with Gasteiger partial charge in [0.1, 0.15) is 7.85 Å². The first-order valence-corrected chi connectivity index (χ1v) is 5.48. The van der Waals surface area contributed by atoms with Crippen LogP contribution in [-0.2, 0) is 0 Å². The van der Waals surface area contributed by atoms with Crippen molar-refractivity contribution < 1.29 is 0 Å². The SMILES string of the molecule is BCC(Cl)CCCCCCCl. The van der Waals surface area contributed by atoms with E-state index in [1.165, 1.54) is 25.7 Å². The van der Waals surface area contributed by atoms with Crippen LogP contribution in [0.4, 0.5) is 0 Å². The highest BCUT2D eigenvalue weighted by Crippen LogP contribution is 2.12. The van der Waals surface area contributed by atoms with Crippen LogP contribution in [-0.4, -0.2) is 19.1 Å². The van der Waals surface area contributed by atoms with E-state index in [0.29, 0.717) is 5.38 Å². The van der Waals surface area contributed by atoms with Crippen molar-refractivity contribution in [3.63, 3.8) is 0 Å². The molecule has 0 aliphatic rings. The van der Waals surface area contributed by atoms with Gasteiger partial charge in [-0.2, -0.15) is 0 Å². The molecule has 0 aromatic heterocycles. The van der Waals surface area contributed by atoms with Gasteiger partial charge in [0.25, 0.3) is 0 Å². The van der Waals surface area contributed by atoms with Crippen LogP contribution in [0, 0.1) is 0 Å². The largest absolute Gasteiger partial charge is 0.127 e. The Bertz CT molecular complexity index is 78.5. The van der Waals surface area contributed by atoms with E-state index in [-0.39, 0.29) is 0 Å². The van der Waals surface area contributed by atoms with Crippen molar-refractivity contribution in [1.29, 1.82) is 0 Å². The summed E-state index contributed by atoms with van der Waals surface area (Å²) in [5.74, 6) is 0.804. The van der Waals surface area contributed by atoms with Crippen molar-refractivity contribution in [2.24, 2.45) is 0 Å². The molecule has 0 heterocycles. The number of hydrogen-bond acceptors (Lipinski definition) is 0. The molecule has 0 aromatic carbocycles. The van der Waals surface area contributed by atoms with Crippen LogP contribution in [0.5, 0.6) is 0 Å². The predicted molar refractivity (Wildman–Crippen MR) is 56.8 cm³/mol. The van der Waals surface area contributed by atoms with Crippen LogP contribution in [0.1, 0.15) is 32.1 Å². The van der Waals surface area contributed by atoms with Gasteiger partial charge in [-0.1, -0.05) is 25.6 Å². The van der Waals surface area contributed by atoms with Gasteiger partial charge in [0.15, 0.2) is 0 Å². The lowest BCUT2D eigenvalue weighted by molar-refractivity contribution is 0.629. The second-order valence-electron chi connectivity index (χ2n) is 2.90. The van der Waals surface area contributed by atoms with Gasteiger partial charge in [-0.25, -0.2) is 0 Å². The molecular weight excluding hydrogens is 178 g/mol. The number of hydrogen-bond donors (Lipinski definition) is 0. The van der Waals surface area contributed by atoms with Gasteiger partial charge in [0.2, 0.25) is 0 Å². The predicted octanol–water partition coefficient (Wildman–Crippen LogP) is 2.83. The molecule has 0 rings (SSSR count). The summed E-state index contributed by atoms with van der Waals surface area (Å²) in [7, 11) is 2.14. The van der Waals surface area contributed by atoms with E-state index in [1.807, 2.05) is 0 Å². The van der Waals surface area contributed by atoms with Gasteiger partial charge in [0, 0.05) is 11.3 Å². The Hall–Kier alpha value is 0.645. The van der Waals surface area contributed by atoms with Crippen molar-refractivity contribution in [1.82, 2.24) is 0 Å². The molecule has 0 radical (unpaired) electrons. The van der Waals surface area contributed by atoms with Crippen molar-refractivity contribution in [3.8, 4) is 0 Å². The number of rotatable bonds is 7. The van der Waals surface area contributed by atoms with Crippen LogP contribution in [0.3, 0.4) is 0 Å². The first kappa shape index (κ1) is 11.6. The molecule has 0 aromatic rings. The lowest BCUT2D eigenvalue weighted by atomic mass is 9.98. The van der Waals surface area contributed by atoms with Gasteiger partial charge in [0.05, 0.1) is 0 Å². The Labute approximate surface area is 81.1 Å². The average Bonchev–Trinajstić information content (AvgIpc) is 2.04. The first-order valence-electron chi connectivity index (χ1n) is 4.51. The number of alkyl halides is 2. The molecule has 0 fully saturated rings. The van der Waals surface area contributed by atoms with E-state index in [0.717, 1.165) is 18.6 Å². The molecule has 0 saturated heterocycles. The second-order valence-corrected chi connectivity index (χ2v) is 3.89. The highest BCUT2D eigenvalue weighted by atomic mass is 35.5. The van der Waals surface area contributed by atoms with Crippen molar-refractivity contribution in [2.45, 2.75) is 43.8 Å². The van der Waals surface area contributed by atoms with E-state index in [1.54, 1.807) is 0 Å². The fourth-order valence-corrected chi connectivity index (χ4v) is 1.36. The van der Waals surface area contributed by atoms with E-state index in [4.69, 9.17) is 23.2 Å². The molecule has 0 bridgehead atoms. The van der Waals surface area contributed by atoms with E-state index < -0.39 is 0 Å². The minimum absolute atomic E-state index is 0.394. The maximum Gasteiger partial charge on any atom is 0.103 e. The Kier molecular flexibility index (Phi) is 9.25. The maximum absolute atomic E-state index is 5.95. The molecule has 1 unspecified atom stereocenters. The molecule has 0 spiro atoms. The third-order valence-corrected chi connectivity index (χ3v) is 2.64. The number of unbranched alkanes of at least 4 members (excludes halogenated alkanes) is 3. The standard InChI is InChI=1S/C8H17BCl2/c9-7-8(11)5-3-1-2-4-6-10/h8H,1-7,9H2. The summed E-state index contributed by atoms with van der Waals surface area (Å²) in [4.78, 5) is 0. The van der Waals surface area contributed by atoms with Crippen LogP contribution < -0.4 is 0 Å². The summed E-state index contributed by atoms with van der Waals surface area (Å²) >= 11 is 11.5. The summed E-state index contributed by atoms with van der Waals surface area (Å²) in [6.07, 6.45) is 7.23. The molecule has 0 saturated carbocycles. The smallest absolute Gasteiger partial charge is 0.103 e. The summed E-state index contributed by atoms with van der Waals surface area (Å²) in [6.45, 7) is 0. The molecule has 0 aliphatic heterocycles. The molecule has 0 nitrogen and oxygen atoms in total. The molecule has 0 N–H and O–H groups in total. The zero-order valence-corrected chi connectivity index (χ0v) is 8.79. The molecule has 0 aliphatic carbocycles. The third kappa shape index (κ3) is 8.55.